The van der Waals surface area contributed by atoms with Crippen LogP contribution in [0.3, 0.4) is 0 Å². The van der Waals surface area contributed by atoms with E-state index in [-0.39, 0.29) is 13.0 Å². The summed E-state index contributed by atoms with van der Waals surface area (Å²) in [4.78, 5) is 6.01. The second-order valence-corrected chi connectivity index (χ2v) is 5.49. The molecule has 0 saturated carbocycles. The fourth-order valence-corrected chi connectivity index (χ4v) is 2.92. The maximum absolute atomic E-state index is 13.0. The standard InChI is InChI=1S/C15H16F3N3/c16-15(17,18)11-7-12(19)9-21(8-11)13-5-1-3-10-4-2-6-20-14(10)13/h1-6,11-12H,7-9,19H2/t11-,12+/m1/s1. The first kappa shape index (κ1) is 14.1. The van der Waals surface area contributed by atoms with Gasteiger partial charge in [0.25, 0.3) is 0 Å². The number of nitrogens with two attached hydrogens (primary N) is 1. The molecule has 2 N–H and O–H groups in total. The number of anilines is 1. The zero-order chi connectivity index (χ0) is 15.0. The number of rotatable bonds is 1. The Kier molecular flexibility index (Phi) is 3.49. The first-order chi connectivity index (χ1) is 9.95. The summed E-state index contributed by atoms with van der Waals surface area (Å²) in [5, 5.41) is 0.915. The van der Waals surface area contributed by atoms with Gasteiger partial charge in [-0.3, -0.25) is 4.98 Å². The van der Waals surface area contributed by atoms with Crippen molar-refractivity contribution in [3.05, 3.63) is 36.5 Å². The van der Waals surface area contributed by atoms with Crippen LogP contribution in [0.2, 0.25) is 0 Å². The van der Waals surface area contributed by atoms with Crippen LogP contribution >= 0.6 is 0 Å². The largest absolute Gasteiger partial charge is 0.393 e. The predicted octanol–water partition coefficient (Wildman–Crippen LogP) is 2.95. The number of para-hydroxylation sites is 1. The number of pyridine rings is 1. The third-order valence-electron chi connectivity index (χ3n) is 3.90. The van der Waals surface area contributed by atoms with Gasteiger partial charge in [-0.1, -0.05) is 18.2 Å². The summed E-state index contributed by atoms with van der Waals surface area (Å²) in [7, 11) is 0. The minimum absolute atomic E-state index is 0.0157. The smallest absolute Gasteiger partial charge is 0.368 e. The summed E-state index contributed by atoms with van der Waals surface area (Å²) in [6.45, 7) is 0.356. The Hall–Kier alpha value is -1.82. The minimum Gasteiger partial charge on any atom is -0.368 e. The Morgan fingerprint density at radius 2 is 1.90 bits per heavy atom. The van der Waals surface area contributed by atoms with Crippen molar-refractivity contribution in [2.24, 2.45) is 11.7 Å². The van der Waals surface area contributed by atoms with Crippen molar-refractivity contribution in [1.29, 1.82) is 0 Å². The monoisotopic (exact) mass is 295 g/mol. The molecule has 6 heteroatoms. The quantitative estimate of drug-likeness (QED) is 0.879. The van der Waals surface area contributed by atoms with Crippen LogP contribution in [0.25, 0.3) is 10.9 Å². The molecule has 1 aliphatic rings. The zero-order valence-electron chi connectivity index (χ0n) is 11.3. The maximum Gasteiger partial charge on any atom is 0.393 e. The van der Waals surface area contributed by atoms with Crippen LogP contribution in [-0.2, 0) is 0 Å². The van der Waals surface area contributed by atoms with Gasteiger partial charge >= 0.3 is 6.18 Å². The zero-order valence-corrected chi connectivity index (χ0v) is 11.3. The van der Waals surface area contributed by atoms with Gasteiger partial charge in [0.05, 0.1) is 17.1 Å². The molecule has 0 amide bonds. The molecule has 0 bridgehead atoms. The van der Waals surface area contributed by atoms with E-state index in [1.54, 1.807) is 17.2 Å². The molecule has 1 aromatic heterocycles. The van der Waals surface area contributed by atoms with Crippen LogP contribution in [0, 0.1) is 5.92 Å². The van der Waals surface area contributed by atoms with Crippen molar-refractivity contribution >= 4 is 16.6 Å². The number of hydrogen-bond acceptors (Lipinski definition) is 3. The van der Waals surface area contributed by atoms with Crippen molar-refractivity contribution in [3.63, 3.8) is 0 Å². The molecule has 1 fully saturated rings. The van der Waals surface area contributed by atoms with Crippen molar-refractivity contribution in [1.82, 2.24) is 4.98 Å². The summed E-state index contributed by atoms with van der Waals surface area (Å²) >= 11 is 0. The summed E-state index contributed by atoms with van der Waals surface area (Å²) in [6, 6.07) is 8.77. The van der Waals surface area contributed by atoms with Crippen LogP contribution in [0.15, 0.2) is 36.5 Å². The SMILES string of the molecule is N[C@H]1C[C@@H](C(F)(F)F)CN(c2cccc3cccnc23)C1. The lowest BCUT2D eigenvalue weighted by Crippen LogP contribution is -2.51. The average molecular weight is 295 g/mol. The van der Waals surface area contributed by atoms with Gasteiger partial charge in [-0.2, -0.15) is 13.2 Å². The van der Waals surface area contributed by atoms with Crippen molar-refractivity contribution in [2.45, 2.75) is 18.6 Å². The van der Waals surface area contributed by atoms with Gasteiger partial charge < -0.3 is 10.6 Å². The van der Waals surface area contributed by atoms with Gasteiger partial charge in [-0.15, -0.1) is 0 Å². The Balaban J connectivity index is 1.98. The number of fused-ring (bicyclic) bond motifs is 1. The molecule has 2 aromatic rings. The number of aromatic nitrogens is 1. The molecule has 2 atom stereocenters. The Labute approximate surface area is 120 Å². The van der Waals surface area contributed by atoms with E-state index in [0.29, 0.717) is 6.54 Å². The molecule has 3 nitrogen and oxygen atoms in total. The molecule has 1 aliphatic heterocycles. The normalized spacial score (nSPS) is 23.5. The lowest BCUT2D eigenvalue weighted by atomic mass is 9.93. The highest BCUT2D eigenvalue weighted by Crippen LogP contribution is 2.36. The van der Waals surface area contributed by atoms with Gasteiger partial charge in [0.15, 0.2) is 0 Å². The number of alkyl halides is 3. The lowest BCUT2D eigenvalue weighted by molar-refractivity contribution is -0.177. The van der Waals surface area contributed by atoms with Crippen molar-refractivity contribution in [3.8, 4) is 0 Å². The average Bonchev–Trinajstić information content (AvgIpc) is 2.45. The molecule has 2 heterocycles. The molecule has 0 aliphatic carbocycles. The van der Waals surface area contributed by atoms with E-state index < -0.39 is 18.1 Å². The molecule has 1 aromatic carbocycles. The topological polar surface area (TPSA) is 42.1 Å². The van der Waals surface area contributed by atoms with E-state index in [2.05, 4.69) is 4.98 Å². The second-order valence-electron chi connectivity index (χ2n) is 5.49. The van der Waals surface area contributed by atoms with E-state index in [4.69, 9.17) is 5.73 Å². The first-order valence-corrected chi connectivity index (χ1v) is 6.86. The van der Waals surface area contributed by atoms with Crippen LogP contribution < -0.4 is 10.6 Å². The summed E-state index contributed by atoms with van der Waals surface area (Å²) in [5.74, 6) is -1.39. The Bertz CT molecular complexity index is 636. The molecular weight excluding hydrogens is 279 g/mol. The van der Waals surface area contributed by atoms with E-state index >= 15 is 0 Å². The highest BCUT2D eigenvalue weighted by atomic mass is 19.4. The van der Waals surface area contributed by atoms with Gasteiger partial charge in [0.2, 0.25) is 0 Å². The van der Waals surface area contributed by atoms with E-state index in [9.17, 15) is 13.2 Å². The summed E-state index contributed by atoms with van der Waals surface area (Å²) in [5.41, 5.74) is 7.27. The number of halogens is 3. The number of nitrogens with zero attached hydrogens (tertiary/aromatic N) is 2. The van der Waals surface area contributed by atoms with Gasteiger partial charge in [0, 0.05) is 30.7 Å². The molecule has 0 radical (unpaired) electrons. The summed E-state index contributed by atoms with van der Waals surface area (Å²) < 4.78 is 39.1. The molecule has 1 saturated heterocycles. The van der Waals surface area contributed by atoms with E-state index in [0.717, 1.165) is 16.6 Å². The molecule has 0 spiro atoms. The Morgan fingerprint density at radius 1 is 1.14 bits per heavy atom. The molecule has 112 valence electrons. The maximum atomic E-state index is 13.0. The Morgan fingerprint density at radius 3 is 2.67 bits per heavy atom. The van der Waals surface area contributed by atoms with Gasteiger partial charge in [0.1, 0.15) is 0 Å². The number of hydrogen-bond donors (Lipinski definition) is 1. The van der Waals surface area contributed by atoms with Crippen LogP contribution in [0.4, 0.5) is 18.9 Å². The van der Waals surface area contributed by atoms with Crippen molar-refractivity contribution < 1.29 is 13.2 Å². The minimum atomic E-state index is -4.21. The third-order valence-corrected chi connectivity index (χ3v) is 3.90. The van der Waals surface area contributed by atoms with E-state index in [1.807, 2.05) is 24.3 Å². The fourth-order valence-electron chi connectivity index (χ4n) is 2.92. The van der Waals surface area contributed by atoms with Crippen LogP contribution in [0.1, 0.15) is 6.42 Å². The van der Waals surface area contributed by atoms with Gasteiger partial charge in [-0.25, -0.2) is 0 Å². The highest BCUT2D eigenvalue weighted by Gasteiger charge is 2.44. The molecule has 0 unspecified atom stereocenters. The van der Waals surface area contributed by atoms with E-state index in [1.165, 1.54) is 0 Å². The molecule has 21 heavy (non-hydrogen) atoms. The van der Waals surface area contributed by atoms with Crippen LogP contribution in [-0.4, -0.2) is 30.3 Å². The fraction of sp³-hybridized carbons (Fsp3) is 0.400. The first-order valence-electron chi connectivity index (χ1n) is 6.86. The molecule has 3 rings (SSSR count). The summed E-state index contributed by atoms with van der Waals surface area (Å²) in [6.07, 6.45) is -2.58. The third kappa shape index (κ3) is 2.81. The van der Waals surface area contributed by atoms with Gasteiger partial charge in [-0.05, 0) is 18.6 Å². The lowest BCUT2D eigenvalue weighted by Gasteiger charge is -2.38. The number of piperidine rings is 1. The highest BCUT2D eigenvalue weighted by molar-refractivity contribution is 5.90. The number of benzene rings is 1. The van der Waals surface area contributed by atoms with Crippen molar-refractivity contribution in [2.75, 3.05) is 18.0 Å². The predicted molar refractivity (Wildman–Crippen MR) is 76.1 cm³/mol. The van der Waals surface area contributed by atoms with Crippen LogP contribution in [0.5, 0.6) is 0 Å². The second kappa shape index (κ2) is 5.18. The molecular formula is C15H16F3N3.